The van der Waals surface area contributed by atoms with E-state index in [4.69, 9.17) is 0 Å². The Hall–Kier alpha value is -2.44. The molecule has 1 atom stereocenters. The monoisotopic (exact) mass is 351 g/mol. The number of phenolic OH excluding ortho intramolecular Hbond substituents is 1. The van der Waals surface area contributed by atoms with Crippen molar-refractivity contribution in [3.8, 4) is 17.6 Å². The van der Waals surface area contributed by atoms with Crippen LogP contribution >= 0.6 is 0 Å². The number of aliphatic hydroxyl groups is 1. The Morgan fingerprint density at radius 1 is 1.04 bits per heavy atom. The van der Waals surface area contributed by atoms with Crippen LogP contribution in [-0.4, -0.2) is 23.3 Å². The summed E-state index contributed by atoms with van der Waals surface area (Å²) in [7, 11) is 0. The van der Waals surface area contributed by atoms with Gasteiger partial charge in [0.25, 0.3) is 0 Å². The number of hydrogen-bond acceptors (Lipinski definition) is 3. The van der Waals surface area contributed by atoms with Gasteiger partial charge in [0.2, 0.25) is 0 Å². The van der Waals surface area contributed by atoms with Crippen molar-refractivity contribution in [3.05, 3.63) is 59.2 Å². The first-order valence-corrected chi connectivity index (χ1v) is 9.14. The smallest absolute Gasteiger partial charge is 0.140 e. The number of benzene rings is 2. The van der Waals surface area contributed by atoms with Gasteiger partial charge in [0, 0.05) is 24.3 Å². The maximum atomic E-state index is 10.5. The Labute approximate surface area is 157 Å². The quantitative estimate of drug-likeness (QED) is 0.790. The summed E-state index contributed by atoms with van der Waals surface area (Å²) in [4.78, 5) is 2.33. The van der Waals surface area contributed by atoms with Crippen LogP contribution in [0.1, 0.15) is 57.4 Å². The molecule has 138 valence electrons. The summed E-state index contributed by atoms with van der Waals surface area (Å²) < 4.78 is 0. The Balaban J connectivity index is 2.38. The van der Waals surface area contributed by atoms with E-state index in [-0.39, 0.29) is 11.2 Å². The largest absolute Gasteiger partial charge is 0.508 e. The Morgan fingerprint density at radius 2 is 1.73 bits per heavy atom. The lowest BCUT2D eigenvalue weighted by Gasteiger charge is -2.31. The molecule has 0 aromatic heterocycles. The standard InChI is InChI=1S/C23H29NO2/c1-6-24(7-2)21-13-12-18(16-20(21)23(3,4)5)22(26)14-11-17-9-8-10-19(25)15-17/h8-10,12-13,15-16,22,25-26H,6-7H2,1-5H3. The first-order valence-electron chi connectivity index (χ1n) is 9.14. The molecule has 0 fully saturated rings. The van der Waals surface area contributed by atoms with Crippen molar-refractivity contribution in [1.29, 1.82) is 0 Å². The molecule has 2 rings (SSSR count). The first kappa shape index (κ1) is 19.9. The Bertz CT molecular complexity index is 805. The van der Waals surface area contributed by atoms with Crippen molar-refractivity contribution in [3.63, 3.8) is 0 Å². The van der Waals surface area contributed by atoms with Crippen molar-refractivity contribution in [2.45, 2.75) is 46.1 Å². The van der Waals surface area contributed by atoms with Crippen molar-refractivity contribution in [1.82, 2.24) is 0 Å². The Morgan fingerprint density at radius 3 is 2.31 bits per heavy atom. The average molecular weight is 351 g/mol. The number of rotatable bonds is 4. The molecule has 0 amide bonds. The molecule has 0 bridgehead atoms. The molecule has 0 spiro atoms. The molecular weight excluding hydrogens is 322 g/mol. The number of aliphatic hydroxyl groups excluding tert-OH is 1. The van der Waals surface area contributed by atoms with Crippen LogP contribution in [0.3, 0.4) is 0 Å². The van der Waals surface area contributed by atoms with Crippen LogP contribution < -0.4 is 4.90 Å². The van der Waals surface area contributed by atoms with E-state index in [2.05, 4.69) is 63.5 Å². The third-order valence-corrected chi connectivity index (χ3v) is 4.45. The molecule has 3 nitrogen and oxygen atoms in total. The minimum absolute atomic E-state index is 0.0354. The molecule has 0 heterocycles. The fraction of sp³-hybridized carbons (Fsp3) is 0.391. The van der Waals surface area contributed by atoms with Crippen molar-refractivity contribution in [2.75, 3.05) is 18.0 Å². The van der Waals surface area contributed by atoms with Gasteiger partial charge in [-0.05, 0) is 60.7 Å². The van der Waals surface area contributed by atoms with Gasteiger partial charge in [-0.2, -0.15) is 0 Å². The van der Waals surface area contributed by atoms with Crippen LogP contribution in [0.4, 0.5) is 5.69 Å². The zero-order valence-electron chi connectivity index (χ0n) is 16.4. The maximum Gasteiger partial charge on any atom is 0.140 e. The third-order valence-electron chi connectivity index (χ3n) is 4.45. The summed E-state index contributed by atoms with van der Waals surface area (Å²) in [6.45, 7) is 12.7. The second-order valence-corrected chi connectivity index (χ2v) is 7.42. The highest BCUT2D eigenvalue weighted by Gasteiger charge is 2.22. The lowest BCUT2D eigenvalue weighted by Crippen LogP contribution is -2.26. The van der Waals surface area contributed by atoms with Gasteiger partial charge in [-0.3, -0.25) is 0 Å². The molecule has 0 saturated carbocycles. The lowest BCUT2D eigenvalue weighted by atomic mass is 9.84. The molecule has 2 aromatic rings. The van der Waals surface area contributed by atoms with E-state index in [0.717, 1.165) is 18.7 Å². The van der Waals surface area contributed by atoms with Gasteiger partial charge in [-0.15, -0.1) is 0 Å². The highest BCUT2D eigenvalue weighted by atomic mass is 16.3. The minimum atomic E-state index is -0.871. The normalized spacial score (nSPS) is 12.2. The highest BCUT2D eigenvalue weighted by Crippen LogP contribution is 2.34. The molecule has 1 unspecified atom stereocenters. The summed E-state index contributed by atoms with van der Waals surface area (Å²) in [5, 5.41) is 20.1. The molecule has 2 N–H and O–H groups in total. The molecule has 26 heavy (non-hydrogen) atoms. The van der Waals surface area contributed by atoms with Crippen LogP contribution in [0.5, 0.6) is 5.75 Å². The van der Waals surface area contributed by atoms with Gasteiger partial charge >= 0.3 is 0 Å². The van der Waals surface area contributed by atoms with Gasteiger partial charge in [-0.1, -0.05) is 44.7 Å². The number of phenols is 1. The SMILES string of the molecule is CCN(CC)c1ccc(C(O)C#Cc2cccc(O)c2)cc1C(C)(C)C. The number of aromatic hydroxyl groups is 1. The van der Waals surface area contributed by atoms with Crippen LogP contribution in [0, 0.1) is 11.8 Å². The summed E-state index contributed by atoms with van der Waals surface area (Å²) in [5.41, 5.74) is 3.85. The van der Waals surface area contributed by atoms with Crippen molar-refractivity contribution in [2.24, 2.45) is 0 Å². The van der Waals surface area contributed by atoms with E-state index >= 15 is 0 Å². The van der Waals surface area contributed by atoms with Crippen LogP contribution in [0.15, 0.2) is 42.5 Å². The van der Waals surface area contributed by atoms with Gasteiger partial charge in [0.05, 0.1) is 0 Å². The summed E-state index contributed by atoms with van der Waals surface area (Å²) >= 11 is 0. The van der Waals surface area contributed by atoms with Gasteiger partial charge < -0.3 is 15.1 Å². The molecule has 0 aliphatic carbocycles. The van der Waals surface area contributed by atoms with Gasteiger partial charge in [-0.25, -0.2) is 0 Å². The molecule has 0 radical (unpaired) electrons. The lowest BCUT2D eigenvalue weighted by molar-refractivity contribution is 0.238. The summed E-state index contributed by atoms with van der Waals surface area (Å²) in [6, 6.07) is 12.8. The molecule has 0 saturated heterocycles. The number of anilines is 1. The second kappa shape index (κ2) is 8.29. The van der Waals surface area contributed by atoms with E-state index in [1.807, 2.05) is 12.1 Å². The number of hydrogen-bond donors (Lipinski definition) is 2. The van der Waals surface area contributed by atoms with Crippen LogP contribution in [-0.2, 0) is 5.41 Å². The van der Waals surface area contributed by atoms with Gasteiger partial charge in [0.1, 0.15) is 11.9 Å². The Kier molecular flexibility index (Phi) is 6.34. The highest BCUT2D eigenvalue weighted by molar-refractivity contribution is 5.58. The predicted octanol–water partition coefficient (Wildman–Crippen LogP) is 4.62. The van der Waals surface area contributed by atoms with Gasteiger partial charge in [0.15, 0.2) is 0 Å². The zero-order chi connectivity index (χ0) is 19.3. The molecule has 0 aliphatic rings. The predicted molar refractivity (Wildman–Crippen MR) is 109 cm³/mol. The minimum Gasteiger partial charge on any atom is -0.508 e. The van der Waals surface area contributed by atoms with E-state index < -0.39 is 6.10 Å². The fourth-order valence-electron chi connectivity index (χ4n) is 2.98. The van der Waals surface area contributed by atoms with Crippen LogP contribution in [0.2, 0.25) is 0 Å². The molecule has 2 aromatic carbocycles. The van der Waals surface area contributed by atoms with Crippen molar-refractivity contribution >= 4 is 5.69 Å². The molecule has 0 aliphatic heterocycles. The van der Waals surface area contributed by atoms with E-state index in [9.17, 15) is 10.2 Å². The third kappa shape index (κ3) is 4.80. The second-order valence-electron chi connectivity index (χ2n) is 7.42. The first-order chi connectivity index (χ1) is 12.3. The van der Waals surface area contributed by atoms with E-state index in [1.54, 1.807) is 18.2 Å². The zero-order valence-corrected chi connectivity index (χ0v) is 16.4. The number of nitrogens with zero attached hydrogens (tertiary/aromatic N) is 1. The topological polar surface area (TPSA) is 43.7 Å². The average Bonchev–Trinajstić information content (AvgIpc) is 2.60. The fourth-order valence-corrected chi connectivity index (χ4v) is 2.98. The van der Waals surface area contributed by atoms with Crippen molar-refractivity contribution < 1.29 is 10.2 Å². The van der Waals surface area contributed by atoms with E-state index in [0.29, 0.717) is 5.56 Å². The molecular formula is C23H29NO2. The summed E-state index contributed by atoms with van der Waals surface area (Å²) in [5.74, 6) is 5.98. The molecule has 3 heteroatoms. The maximum absolute atomic E-state index is 10.5. The van der Waals surface area contributed by atoms with E-state index in [1.165, 1.54) is 11.3 Å². The van der Waals surface area contributed by atoms with Crippen LogP contribution in [0.25, 0.3) is 0 Å². The summed E-state index contributed by atoms with van der Waals surface area (Å²) in [6.07, 6.45) is -0.871.